The monoisotopic (exact) mass is 368 g/mol. The van der Waals surface area contributed by atoms with Crippen molar-refractivity contribution in [1.29, 1.82) is 0 Å². The van der Waals surface area contributed by atoms with Crippen LogP contribution in [0.2, 0.25) is 0 Å². The standard InChI is InChI=1S/C15H17IN2O/c1-2-19-14-9-5-12(6-10-14)15(18-17)11-3-7-13(16)8-4-11/h3-10,15,18H,2,17H2,1H3. The van der Waals surface area contributed by atoms with E-state index in [1.807, 2.05) is 31.2 Å². The Morgan fingerprint density at radius 2 is 1.58 bits per heavy atom. The summed E-state index contributed by atoms with van der Waals surface area (Å²) >= 11 is 2.29. The van der Waals surface area contributed by atoms with E-state index >= 15 is 0 Å². The van der Waals surface area contributed by atoms with Crippen molar-refractivity contribution >= 4 is 22.6 Å². The molecular weight excluding hydrogens is 351 g/mol. The highest BCUT2D eigenvalue weighted by molar-refractivity contribution is 14.1. The Hall–Kier alpha value is -1.11. The Bertz CT molecular complexity index is 511. The third-order valence-electron chi connectivity index (χ3n) is 2.89. The number of benzene rings is 2. The SMILES string of the molecule is CCOc1ccc(C(NN)c2ccc(I)cc2)cc1. The van der Waals surface area contributed by atoms with Crippen LogP contribution in [0.25, 0.3) is 0 Å². The lowest BCUT2D eigenvalue weighted by Crippen LogP contribution is -2.28. The van der Waals surface area contributed by atoms with Gasteiger partial charge >= 0.3 is 0 Å². The topological polar surface area (TPSA) is 47.3 Å². The van der Waals surface area contributed by atoms with E-state index in [2.05, 4.69) is 52.3 Å². The van der Waals surface area contributed by atoms with Crippen LogP contribution in [-0.2, 0) is 0 Å². The van der Waals surface area contributed by atoms with Crippen molar-refractivity contribution in [3.8, 4) is 5.75 Å². The van der Waals surface area contributed by atoms with Gasteiger partial charge in [0.1, 0.15) is 5.75 Å². The van der Waals surface area contributed by atoms with Crippen molar-refractivity contribution in [3.05, 3.63) is 63.2 Å². The summed E-state index contributed by atoms with van der Waals surface area (Å²) in [5, 5.41) is 0. The number of rotatable bonds is 5. The highest BCUT2D eigenvalue weighted by Crippen LogP contribution is 2.24. The van der Waals surface area contributed by atoms with Gasteiger partial charge in [0.05, 0.1) is 12.6 Å². The molecule has 4 heteroatoms. The number of hydrazine groups is 1. The van der Waals surface area contributed by atoms with E-state index in [0.717, 1.165) is 16.9 Å². The van der Waals surface area contributed by atoms with E-state index in [4.69, 9.17) is 10.6 Å². The first-order valence-electron chi connectivity index (χ1n) is 6.19. The van der Waals surface area contributed by atoms with E-state index < -0.39 is 0 Å². The van der Waals surface area contributed by atoms with Gasteiger partial charge in [0, 0.05) is 3.57 Å². The fourth-order valence-corrected chi connectivity index (χ4v) is 2.32. The third-order valence-corrected chi connectivity index (χ3v) is 3.61. The molecule has 3 N–H and O–H groups in total. The second-order valence-corrected chi connectivity index (χ2v) is 5.40. The highest BCUT2D eigenvalue weighted by Gasteiger charge is 2.12. The zero-order chi connectivity index (χ0) is 13.7. The van der Waals surface area contributed by atoms with E-state index in [1.54, 1.807) is 0 Å². The normalized spacial score (nSPS) is 12.2. The molecule has 0 aliphatic rings. The maximum atomic E-state index is 5.69. The molecule has 0 radical (unpaired) electrons. The first-order chi connectivity index (χ1) is 9.24. The van der Waals surface area contributed by atoms with Gasteiger partial charge in [-0.1, -0.05) is 24.3 Å². The van der Waals surface area contributed by atoms with Crippen molar-refractivity contribution in [2.24, 2.45) is 5.84 Å². The Labute approximate surface area is 127 Å². The maximum Gasteiger partial charge on any atom is 0.119 e. The number of ether oxygens (including phenoxy) is 1. The molecule has 0 aliphatic heterocycles. The molecule has 100 valence electrons. The number of nitrogens with one attached hydrogen (secondary N) is 1. The summed E-state index contributed by atoms with van der Waals surface area (Å²) in [7, 11) is 0. The Morgan fingerprint density at radius 1 is 1.05 bits per heavy atom. The predicted molar refractivity (Wildman–Crippen MR) is 85.9 cm³/mol. The average molecular weight is 368 g/mol. The molecule has 0 aromatic heterocycles. The summed E-state index contributed by atoms with van der Waals surface area (Å²) in [4.78, 5) is 0. The molecular formula is C15H17IN2O. The van der Waals surface area contributed by atoms with Crippen LogP contribution in [0.1, 0.15) is 24.1 Å². The molecule has 2 aromatic carbocycles. The number of nitrogens with two attached hydrogens (primary N) is 1. The fraction of sp³-hybridized carbons (Fsp3) is 0.200. The van der Waals surface area contributed by atoms with Gasteiger partial charge in [-0.25, -0.2) is 5.43 Å². The van der Waals surface area contributed by atoms with E-state index in [-0.39, 0.29) is 6.04 Å². The second kappa shape index (κ2) is 6.88. The lowest BCUT2D eigenvalue weighted by molar-refractivity contribution is 0.340. The predicted octanol–water partition coefficient (Wildman–Crippen LogP) is 3.24. The van der Waals surface area contributed by atoms with Gasteiger partial charge in [0.2, 0.25) is 0 Å². The molecule has 0 bridgehead atoms. The minimum atomic E-state index is -0.00678. The van der Waals surface area contributed by atoms with Gasteiger partial charge < -0.3 is 4.74 Å². The first-order valence-corrected chi connectivity index (χ1v) is 7.27. The molecule has 0 saturated heterocycles. The van der Waals surface area contributed by atoms with Crippen LogP contribution < -0.4 is 16.0 Å². The molecule has 0 fully saturated rings. The zero-order valence-corrected chi connectivity index (χ0v) is 12.9. The number of hydrogen-bond donors (Lipinski definition) is 2. The molecule has 0 spiro atoms. The molecule has 19 heavy (non-hydrogen) atoms. The van der Waals surface area contributed by atoms with Gasteiger partial charge in [-0.15, -0.1) is 0 Å². The van der Waals surface area contributed by atoms with Crippen molar-refractivity contribution in [3.63, 3.8) is 0 Å². The van der Waals surface area contributed by atoms with E-state index in [9.17, 15) is 0 Å². The first kappa shape index (κ1) is 14.3. The molecule has 1 atom stereocenters. The molecule has 0 aliphatic carbocycles. The summed E-state index contributed by atoms with van der Waals surface area (Å²) < 4.78 is 6.65. The van der Waals surface area contributed by atoms with Crippen LogP contribution in [0.15, 0.2) is 48.5 Å². The molecule has 0 amide bonds. The Morgan fingerprint density at radius 3 is 2.05 bits per heavy atom. The van der Waals surface area contributed by atoms with Crippen LogP contribution in [0.4, 0.5) is 0 Å². The smallest absolute Gasteiger partial charge is 0.119 e. The van der Waals surface area contributed by atoms with E-state index in [0.29, 0.717) is 6.61 Å². The van der Waals surface area contributed by atoms with Crippen LogP contribution in [0, 0.1) is 3.57 Å². The zero-order valence-electron chi connectivity index (χ0n) is 10.8. The average Bonchev–Trinajstić information content (AvgIpc) is 2.44. The lowest BCUT2D eigenvalue weighted by Gasteiger charge is -2.17. The molecule has 0 saturated carbocycles. The third kappa shape index (κ3) is 3.68. The number of halogens is 1. The Balaban J connectivity index is 2.23. The van der Waals surface area contributed by atoms with Gasteiger partial charge in [-0.2, -0.15) is 0 Å². The lowest BCUT2D eigenvalue weighted by atomic mass is 9.99. The van der Waals surface area contributed by atoms with Crippen molar-refractivity contribution in [2.75, 3.05) is 6.61 Å². The summed E-state index contributed by atoms with van der Waals surface area (Å²) in [6.07, 6.45) is 0. The highest BCUT2D eigenvalue weighted by atomic mass is 127. The van der Waals surface area contributed by atoms with Crippen LogP contribution in [0.3, 0.4) is 0 Å². The minimum absolute atomic E-state index is 0.00678. The second-order valence-electron chi connectivity index (χ2n) is 4.15. The van der Waals surface area contributed by atoms with Gasteiger partial charge in [0.15, 0.2) is 0 Å². The van der Waals surface area contributed by atoms with Crippen LogP contribution in [-0.4, -0.2) is 6.61 Å². The fourth-order valence-electron chi connectivity index (χ4n) is 1.96. The summed E-state index contributed by atoms with van der Waals surface area (Å²) in [6, 6.07) is 16.3. The maximum absolute atomic E-state index is 5.69. The molecule has 0 heterocycles. The number of hydrogen-bond acceptors (Lipinski definition) is 3. The molecule has 3 nitrogen and oxygen atoms in total. The summed E-state index contributed by atoms with van der Waals surface area (Å²) in [5.41, 5.74) is 5.13. The largest absolute Gasteiger partial charge is 0.494 e. The Kier molecular flexibility index (Phi) is 5.18. The van der Waals surface area contributed by atoms with Gasteiger partial charge in [0.25, 0.3) is 0 Å². The van der Waals surface area contributed by atoms with Crippen molar-refractivity contribution in [1.82, 2.24) is 5.43 Å². The minimum Gasteiger partial charge on any atom is -0.494 e. The quantitative estimate of drug-likeness (QED) is 0.484. The van der Waals surface area contributed by atoms with Crippen molar-refractivity contribution < 1.29 is 4.74 Å². The van der Waals surface area contributed by atoms with E-state index in [1.165, 1.54) is 3.57 Å². The van der Waals surface area contributed by atoms with Crippen LogP contribution in [0.5, 0.6) is 5.75 Å². The molecule has 1 unspecified atom stereocenters. The van der Waals surface area contributed by atoms with Crippen LogP contribution >= 0.6 is 22.6 Å². The molecule has 2 aromatic rings. The van der Waals surface area contributed by atoms with Gasteiger partial charge in [-0.05, 0) is 64.9 Å². The van der Waals surface area contributed by atoms with Gasteiger partial charge in [-0.3, -0.25) is 5.84 Å². The summed E-state index contributed by atoms with van der Waals surface area (Å²) in [5.74, 6) is 6.57. The summed E-state index contributed by atoms with van der Waals surface area (Å²) in [6.45, 7) is 2.65. The molecule has 2 rings (SSSR count). The van der Waals surface area contributed by atoms with Crippen molar-refractivity contribution in [2.45, 2.75) is 13.0 Å².